The third-order valence-corrected chi connectivity index (χ3v) is 12.0. The van der Waals surface area contributed by atoms with E-state index in [9.17, 15) is 0 Å². The van der Waals surface area contributed by atoms with Crippen LogP contribution in [0.2, 0.25) is 0 Å². The van der Waals surface area contributed by atoms with Crippen molar-refractivity contribution >= 4 is 99.6 Å². The van der Waals surface area contributed by atoms with E-state index in [1.54, 1.807) is 22.7 Å². The largest absolute Gasteiger partial charge is 0.306 e. The average molecular weight is 651 g/mol. The second-order valence-electron chi connectivity index (χ2n) is 9.63. The van der Waals surface area contributed by atoms with Crippen LogP contribution in [-0.4, -0.2) is 9.97 Å². The number of fused-ring (bicyclic) bond motifs is 6. The zero-order valence-electron chi connectivity index (χ0n) is 20.6. The van der Waals surface area contributed by atoms with Gasteiger partial charge in [-0.15, -0.1) is 22.7 Å². The molecule has 8 heteroatoms. The smallest absolute Gasteiger partial charge is 0.124 e. The van der Waals surface area contributed by atoms with Gasteiger partial charge >= 0.3 is 0 Å². The Bertz CT molecular complexity index is 2100. The van der Waals surface area contributed by atoms with Crippen LogP contribution in [0.25, 0.3) is 41.6 Å². The van der Waals surface area contributed by atoms with Crippen molar-refractivity contribution in [2.75, 3.05) is 4.90 Å². The van der Waals surface area contributed by atoms with E-state index in [1.165, 1.54) is 51.6 Å². The molecule has 0 bridgehead atoms. The van der Waals surface area contributed by atoms with Gasteiger partial charge in [0.2, 0.25) is 0 Å². The van der Waals surface area contributed by atoms with Crippen LogP contribution >= 0.6 is 62.1 Å². The normalized spacial score (nSPS) is 13.4. The summed E-state index contributed by atoms with van der Waals surface area (Å²) in [5.74, 6) is 0. The maximum absolute atomic E-state index is 4.99. The van der Waals surface area contributed by atoms with Gasteiger partial charge in [0.05, 0.1) is 37.5 Å². The number of rotatable bonds is 2. The molecule has 0 saturated heterocycles. The van der Waals surface area contributed by atoms with Gasteiger partial charge in [0.15, 0.2) is 0 Å². The number of thiazole rings is 2. The maximum atomic E-state index is 4.99. The lowest BCUT2D eigenvalue weighted by atomic mass is 10.1. The Morgan fingerprint density at radius 2 is 1.10 bits per heavy atom. The summed E-state index contributed by atoms with van der Waals surface area (Å²) >= 11 is 10.9. The molecule has 2 aliphatic rings. The van der Waals surface area contributed by atoms with Crippen LogP contribution in [0.5, 0.6) is 0 Å². The molecule has 0 atom stereocenters. The van der Waals surface area contributed by atoms with Gasteiger partial charge in [0, 0.05) is 35.2 Å². The minimum atomic E-state index is 1.05. The van der Waals surface area contributed by atoms with Gasteiger partial charge in [-0.2, -0.15) is 0 Å². The Morgan fingerprint density at radius 3 is 1.75 bits per heavy atom. The molecule has 4 heterocycles. The molecule has 0 spiro atoms. The van der Waals surface area contributed by atoms with Crippen molar-refractivity contribution in [2.24, 2.45) is 0 Å². The Balaban J connectivity index is 1.24. The molecule has 9 rings (SSSR count). The van der Waals surface area contributed by atoms with Gasteiger partial charge in [-0.3, -0.25) is 0 Å². The van der Waals surface area contributed by atoms with Crippen LogP contribution in [0.1, 0.15) is 0 Å². The fourth-order valence-electron chi connectivity index (χ4n) is 5.35. The molecular weight excluding hydrogens is 635 g/mol. The molecule has 0 unspecified atom stereocenters. The minimum Gasteiger partial charge on any atom is -0.306 e. The fourth-order valence-corrected chi connectivity index (χ4v) is 10.2. The topological polar surface area (TPSA) is 29.0 Å². The van der Waals surface area contributed by atoms with Crippen molar-refractivity contribution in [3.8, 4) is 21.1 Å². The summed E-state index contributed by atoms with van der Waals surface area (Å²) in [4.78, 5) is 17.4. The number of aromatic nitrogens is 2. The highest BCUT2D eigenvalue weighted by atomic mass is 79.9. The van der Waals surface area contributed by atoms with E-state index in [2.05, 4.69) is 118 Å². The Labute approximate surface area is 255 Å². The molecule has 0 aliphatic carbocycles. The zero-order valence-corrected chi connectivity index (χ0v) is 25.4. The third-order valence-electron chi connectivity index (χ3n) is 7.15. The summed E-state index contributed by atoms with van der Waals surface area (Å²) in [5, 5.41) is 2.11. The molecule has 7 aromatic rings. The maximum Gasteiger partial charge on any atom is 0.124 e. The van der Waals surface area contributed by atoms with Crippen molar-refractivity contribution in [3.05, 3.63) is 102 Å². The minimum absolute atomic E-state index is 1.05. The summed E-state index contributed by atoms with van der Waals surface area (Å²) in [6.07, 6.45) is 0. The Kier molecular flexibility index (Phi) is 5.26. The third kappa shape index (κ3) is 3.63. The number of benzene rings is 5. The van der Waals surface area contributed by atoms with Gasteiger partial charge in [-0.05, 0) is 72.8 Å². The lowest BCUT2D eigenvalue weighted by Crippen LogP contribution is -2.19. The molecule has 0 amide bonds. The molecule has 3 nitrogen and oxygen atoms in total. The van der Waals surface area contributed by atoms with Gasteiger partial charge < -0.3 is 4.90 Å². The van der Waals surface area contributed by atoms with E-state index < -0.39 is 0 Å². The van der Waals surface area contributed by atoms with E-state index in [1.807, 2.05) is 23.5 Å². The summed E-state index contributed by atoms with van der Waals surface area (Å²) in [6, 6.07) is 34.8. The average Bonchev–Trinajstić information content (AvgIpc) is 3.61. The molecule has 0 saturated carbocycles. The van der Waals surface area contributed by atoms with E-state index >= 15 is 0 Å². The summed E-state index contributed by atoms with van der Waals surface area (Å²) < 4.78 is 3.51. The highest BCUT2D eigenvalue weighted by molar-refractivity contribution is 9.10. The van der Waals surface area contributed by atoms with Crippen molar-refractivity contribution in [3.63, 3.8) is 0 Å². The fraction of sp³-hybridized carbons (Fsp3) is 0. The van der Waals surface area contributed by atoms with Crippen LogP contribution in [0, 0.1) is 0 Å². The molecule has 2 aliphatic heterocycles. The summed E-state index contributed by atoms with van der Waals surface area (Å²) in [6.45, 7) is 0. The molecule has 0 radical (unpaired) electrons. The first-order valence-electron chi connectivity index (χ1n) is 12.7. The van der Waals surface area contributed by atoms with Gasteiger partial charge in [0.25, 0.3) is 0 Å². The lowest BCUT2D eigenvalue weighted by molar-refractivity contribution is 1.08. The number of hydrogen-bond donors (Lipinski definition) is 0. The van der Waals surface area contributed by atoms with Gasteiger partial charge in [-0.1, -0.05) is 63.7 Å². The number of halogens is 1. The number of anilines is 3. The quantitative estimate of drug-likeness (QED) is 0.186. The van der Waals surface area contributed by atoms with Crippen LogP contribution in [0.4, 0.5) is 17.1 Å². The van der Waals surface area contributed by atoms with Crippen LogP contribution in [0.15, 0.2) is 121 Å². The monoisotopic (exact) mass is 649 g/mol. The van der Waals surface area contributed by atoms with Crippen LogP contribution in [0.3, 0.4) is 0 Å². The zero-order chi connectivity index (χ0) is 26.4. The molecular formula is C32H16BrN3S4. The van der Waals surface area contributed by atoms with E-state index in [4.69, 9.17) is 9.97 Å². The van der Waals surface area contributed by atoms with Crippen molar-refractivity contribution < 1.29 is 0 Å². The predicted molar refractivity (Wildman–Crippen MR) is 174 cm³/mol. The first-order chi connectivity index (χ1) is 19.7. The Morgan fingerprint density at radius 1 is 0.550 bits per heavy atom. The van der Waals surface area contributed by atoms with E-state index in [-0.39, 0.29) is 0 Å². The van der Waals surface area contributed by atoms with Crippen molar-refractivity contribution in [2.45, 2.75) is 19.6 Å². The van der Waals surface area contributed by atoms with Gasteiger partial charge in [-0.25, -0.2) is 9.97 Å². The molecule has 5 aromatic carbocycles. The SMILES string of the molecule is Brc1ccc2c(c1)Sc1cc(-c3nc4ccccc4s3)cc3c1N2c1ccc(-c2nc4ccccc4s2)cc1S3. The summed E-state index contributed by atoms with van der Waals surface area (Å²) in [5.41, 5.74) is 8.10. The summed E-state index contributed by atoms with van der Waals surface area (Å²) in [7, 11) is 0. The van der Waals surface area contributed by atoms with Crippen LogP contribution < -0.4 is 4.90 Å². The number of hydrogen-bond acceptors (Lipinski definition) is 7. The Hall–Kier alpha value is -3.14. The van der Waals surface area contributed by atoms with Crippen LogP contribution in [-0.2, 0) is 0 Å². The van der Waals surface area contributed by atoms with Crippen molar-refractivity contribution in [1.29, 1.82) is 0 Å². The first-order valence-corrected chi connectivity index (χ1v) is 16.7. The number of nitrogens with zero attached hydrogens (tertiary/aromatic N) is 3. The van der Waals surface area contributed by atoms with E-state index in [0.717, 1.165) is 31.1 Å². The van der Waals surface area contributed by atoms with Crippen molar-refractivity contribution in [1.82, 2.24) is 9.97 Å². The number of para-hydroxylation sites is 2. The molecule has 190 valence electrons. The highest BCUT2D eigenvalue weighted by Crippen LogP contribution is 2.61. The predicted octanol–water partition coefficient (Wildman–Crippen LogP) is 11.4. The lowest BCUT2D eigenvalue weighted by Gasteiger charge is -2.38. The highest BCUT2D eigenvalue weighted by Gasteiger charge is 2.34. The first kappa shape index (κ1) is 23.6. The standard InChI is InChI=1S/C32H16BrN3S4/c33-19-10-12-23-27(16-19)38-29-15-18(32-35-21-6-2-4-8-25(21)40-32)14-28-30(29)36(23)22-11-9-17(13-26(22)37-28)31-34-20-5-1-3-7-24(20)39-31/h1-16H. The second kappa shape index (κ2) is 8.93. The van der Waals surface area contributed by atoms with Gasteiger partial charge in [0.1, 0.15) is 10.0 Å². The van der Waals surface area contributed by atoms with E-state index in [0.29, 0.717) is 0 Å². The second-order valence-corrected chi connectivity index (χ2v) is 14.8. The molecule has 0 N–H and O–H groups in total. The molecule has 2 aromatic heterocycles. The molecule has 0 fully saturated rings. The molecule has 40 heavy (non-hydrogen) atoms.